The van der Waals surface area contributed by atoms with Crippen LogP contribution in [0.25, 0.3) is 0 Å². The smallest absolute Gasteiger partial charge is 0.223 e. The number of aliphatic imine (C=N–C) groups is 1. The molecule has 0 aromatic heterocycles. The molecular weight excluding hydrogens is 276 g/mol. The molecule has 5 heteroatoms. The lowest BCUT2D eigenvalue weighted by atomic mass is 9.64. The second-order valence-electron chi connectivity index (χ2n) is 7.11. The molecule has 128 valence electrons. The highest BCUT2D eigenvalue weighted by Gasteiger charge is 2.37. The molecule has 22 heavy (non-hydrogen) atoms. The van der Waals surface area contributed by atoms with Gasteiger partial charge in [-0.1, -0.05) is 20.3 Å². The number of hydrogen-bond donors (Lipinski definition) is 2. The Morgan fingerprint density at radius 1 is 1.27 bits per heavy atom. The van der Waals surface area contributed by atoms with Crippen LogP contribution in [0.5, 0.6) is 0 Å². The molecule has 0 atom stereocenters. The van der Waals surface area contributed by atoms with Gasteiger partial charge in [0, 0.05) is 40.2 Å². The van der Waals surface area contributed by atoms with Crippen molar-refractivity contribution in [3.05, 3.63) is 0 Å². The first-order valence-corrected chi connectivity index (χ1v) is 8.61. The van der Waals surface area contributed by atoms with Gasteiger partial charge in [-0.2, -0.15) is 0 Å². The molecule has 0 bridgehead atoms. The average molecular weight is 310 g/mol. The fraction of sp³-hybridized carbons (Fsp3) is 0.882. The number of rotatable bonds is 8. The summed E-state index contributed by atoms with van der Waals surface area (Å²) in [7, 11) is 3.57. The molecular formula is C17H34N4O. The molecule has 0 unspecified atom stereocenters. The molecule has 0 aliphatic heterocycles. The first kappa shape index (κ1) is 18.8. The summed E-state index contributed by atoms with van der Waals surface area (Å²) < 4.78 is 0. The van der Waals surface area contributed by atoms with Gasteiger partial charge in [-0.3, -0.25) is 9.79 Å². The van der Waals surface area contributed by atoms with E-state index in [1.54, 1.807) is 19.0 Å². The van der Waals surface area contributed by atoms with Crippen LogP contribution in [-0.2, 0) is 4.79 Å². The van der Waals surface area contributed by atoms with E-state index in [1.165, 1.54) is 25.7 Å². The van der Waals surface area contributed by atoms with Gasteiger partial charge in [0.05, 0.1) is 0 Å². The summed E-state index contributed by atoms with van der Waals surface area (Å²) >= 11 is 0. The van der Waals surface area contributed by atoms with Crippen LogP contribution < -0.4 is 10.6 Å². The zero-order valence-electron chi connectivity index (χ0n) is 15.0. The van der Waals surface area contributed by atoms with Crippen molar-refractivity contribution in [1.82, 2.24) is 15.5 Å². The normalized spacial score (nSPS) is 17.1. The highest BCUT2D eigenvalue weighted by atomic mass is 16.2. The predicted molar refractivity (Wildman–Crippen MR) is 93.0 cm³/mol. The molecule has 0 radical (unpaired) electrons. The molecule has 1 amide bonds. The van der Waals surface area contributed by atoms with Gasteiger partial charge in [0.15, 0.2) is 5.96 Å². The topological polar surface area (TPSA) is 56.7 Å². The first-order chi connectivity index (χ1) is 10.4. The molecule has 1 saturated carbocycles. The molecule has 5 nitrogen and oxygen atoms in total. The molecule has 0 aromatic carbocycles. The van der Waals surface area contributed by atoms with Crippen LogP contribution in [-0.4, -0.2) is 50.5 Å². The Balaban J connectivity index is 2.49. The molecule has 1 aliphatic rings. The molecule has 1 aliphatic carbocycles. The van der Waals surface area contributed by atoms with E-state index in [4.69, 9.17) is 4.99 Å². The molecule has 1 fully saturated rings. The Kier molecular flexibility index (Phi) is 7.69. The van der Waals surface area contributed by atoms with Crippen molar-refractivity contribution < 1.29 is 4.79 Å². The molecule has 2 N–H and O–H groups in total. The van der Waals surface area contributed by atoms with Crippen molar-refractivity contribution in [1.29, 1.82) is 0 Å². The molecule has 1 rings (SSSR count). The molecule has 0 saturated heterocycles. The number of carbonyl (C=O) groups is 1. The maximum atomic E-state index is 11.6. The van der Waals surface area contributed by atoms with Gasteiger partial charge in [-0.05, 0) is 37.5 Å². The molecule has 0 aromatic rings. The SMILES string of the molecule is CCNC(=NCC1(CC(C)C)CCC1)NCCC(=O)N(C)C. The quantitative estimate of drug-likeness (QED) is 0.534. The third-order valence-corrected chi connectivity index (χ3v) is 4.30. The summed E-state index contributed by atoms with van der Waals surface area (Å²) in [5.41, 5.74) is 0.413. The molecule has 0 heterocycles. The van der Waals surface area contributed by atoms with E-state index in [0.29, 0.717) is 18.4 Å². The van der Waals surface area contributed by atoms with Crippen molar-refractivity contribution >= 4 is 11.9 Å². The van der Waals surface area contributed by atoms with E-state index in [9.17, 15) is 4.79 Å². The Morgan fingerprint density at radius 2 is 1.95 bits per heavy atom. The number of carbonyl (C=O) groups excluding carboxylic acids is 1. The van der Waals surface area contributed by atoms with E-state index in [2.05, 4.69) is 31.4 Å². The summed E-state index contributed by atoms with van der Waals surface area (Å²) in [4.78, 5) is 18.0. The largest absolute Gasteiger partial charge is 0.357 e. The van der Waals surface area contributed by atoms with Crippen molar-refractivity contribution in [2.75, 3.05) is 33.7 Å². The fourth-order valence-corrected chi connectivity index (χ4v) is 3.07. The molecule has 0 spiro atoms. The Bertz CT molecular complexity index is 373. The van der Waals surface area contributed by atoms with Gasteiger partial charge in [0.2, 0.25) is 5.91 Å². The number of hydrogen-bond acceptors (Lipinski definition) is 2. The summed E-state index contributed by atoms with van der Waals surface area (Å²) in [6, 6.07) is 0. The highest BCUT2D eigenvalue weighted by Crippen LogP contribution is 2.46. The van der Waals surface area contributed by atoms with Crippen LogP contribution in [0, 0.1) is 11.3 Å². The monoisotopic (exact) mass is 310 g/mol. The van der Waals surface area contributed by atoms with Gasteiger partial charge in [0.1, 0.15) is 0 Å². The van der Waals surface area contributed by atoms with Gasteiger partial charge < -0.3 is 15.5 Å². The summed E-state index contributed by atoms with van der Waals surface area (Å²) in [6.45, 7) is 9.00. The maximum absolute atomic E-state index is 11.6. The van der Waals surface area contributed by atoms with Gasteiger partial charge in [0.25, 0.3) is 0 Å². The minimum absolute atomic E-state index is 0.138. The van der Waals surface area contributed by atoms with E-state index >= 15 is 0 Å². The van der Waals surface area contributed by atoms with E-state index in [-0.39, 0.29) is 5.91 Å². The summed E-state index contributed by atoms with van der Waals surface area (Å²) in [6.07, 6.45) is 5.69. The third-order valence-electron chi connectivity index (χ3n) is 4.30. The number of nitrogens with one attached hydrogen (secondary N) is 2. The third kappa shape index (κ3) is 6.24. The van der Waals surface area contributed by atoms with Gasteiger partial charge >= 0.3 is 0 Å². The second-order valence-corrected chi connectivity index (χ2v) is 7.11. The van der Waals surface area contributed by atoms with Crippen LogP contribution in [0.2, 0.25) is 0 Å². The minimum Gasteiger partial charge on any atom is -0.357 e. The van der Waals surface area contributed by atoms with Gasteiger partial charge in [-0.25, -0.2) is 0 Å². The number of nitrogens with zero attached hydrogens (tertiary/aromatic N) is 2. The van der Waals surface area contributed by atoms with Crippen molar-refractivity contribution in [3.63, 3.8) is 0 Å². The van der Waals surface area contributed by atoms with E-state index in [1.807, 2.05) is 0 Å². The lowest BCUT2D eigenvalue weighted by Gasteiger charge is -2.42. The van der Waals surface area contributed by atoms with Crippen LogP contribution in [0.4, 0.5) is 0 Å². The van der Waals surface area contributed by atoms with E-state index in [0.717, 1.165) is 25.0 Å². The fourth-order valence-electron chi connectivity index (χ4n) is 3.07. The number of amides is 1. The first-order valence-electron chi connectivity index (χ1n) is 8.61. The lowest BCUT2D eigenvalue weighted by molar-refractivity contribution is -0.128. The second kappa shape index (κ2) is 9.01. The zero-order chi connectivity index (χ0) is 16.6. The van der Waals surface area contributed by atoms with E-state index < -0.39 is 0 Å². The lowest BCUT2D eigenvalue weighted by Crippen LogP contribution is -2.41. The minimum atomic E-state index is 0.138. The summed E-state index contributed by atoms with van der Waals surface area (Å²) in [5, 5.41) is 6.55. The maximum Gasteiger partial charge on any atom is 0.223 e. The predicted octanol–water partition coefficient (Wildman–Crippen LogP) is 2.24. The Labute approximate surface area is 135 Å². The van der Waals surface area contributed by atoms with Crippen LogP contribution in [0.1, 0.15) is 52.9 Å². The van der Waals surface area contributed by atoms with Crippen molar-refractivity contribution in [2.24, 2.45) is 16.3 Å². The van der Waals surface area contributed by atoms with Crippen LogP contribution >= 0.6 is 0 Å². The Morgan fingerprint density at radius 3 is 2.41 bits per heavy atom. The van der Waals surface area contributed by atoms with Crippen LogP contribution in [0.3, 0.4) is 0 Å². The standard InChI is InChI=1S/C17H34N4O/c1-6-18-16(19-11-8-15(22)21(4)5)20-13-17(9-7-10-17)12-14(2)3/h14H,6-13H2,1-5H3,(H2,18,19,20). The van der Waals surface area contributed by atoms with Crippen molar-refractivity contribution in [3.8, 4) is 0 Å². The summed E-state index contributed by atoms with van der Waals surface area (Å²) in [5.74, 6) is 1.70. The number of guanidine groups is 1. The highest BCUT2D eigenvalue weighted by molar-refractivity contribution is 5.81. The van der Waals surface area contributed by atoms with Crippen molar-refractivity contribution in [2.45, 2.75) is 52.9 Å². The van der Waals surface area contributed by atoms with Crippen LogP contribution in [0.15, 0.2) is 4.99 Å². The zero-order valence-corrected chi connectivity index (χ0v) is 15.0. The average Bonchev–Trinajstić information content (AvgIpc) is 2.40. The Hall–Kier alpha value is -1.26. The van der Waals surface area contributed by atoms with Gasteiger partial charge in [-0.15, -0.1) is 0 Å².